The van der Waals surface area contributed by atoms with Gasteiger partial charge in [-0.2, -0.15) is 5.10 Å². The maximum Gasteiger partial charge on any atom is 0.269 e. The van der Waals surface area contributed by atoms with Crippen molar-refractivity contribution in [2.75, 3.05) is 4.90 Å². The summed E-state index contributed by atoms with van der Waals surface area (Å²) in [7, 11) is 0. The van der Waals surface area contributed by atoms with Gasteiger partial charge in [-0.3, -0.25) is 14.9 Å². The summed E-state index contributed by atoms with van der Waals surface area (Å²) >= 11 is 6.58. The van der Waals surface area contributed by atoms with E-state index in [-0.39, 0.29) is 18.1 Å². The minimum atomic E-state index is -0.459. The SMILES string of the molecule is CC(=O)N(Cc1c(C)nn(-c2ccccc2)c1Cl)c1ccc([N+](=O)[O-])cc1C. The monoisotopic (exact) mass is 398 g/mol. The van der Waals surface area contributed by atoms with Crippen LogP contribution in [0.25, 0.3) is 5.69 Å². The van der Waals surface area contributed by atoms with Crippen LogP contribution in [0.15, 0.2) is 48.5 Å². The molecule has 1 amide bonds. The van der Waals surface area contributed by atoms with Gasteiger partial charge in [0.2, 0.25) is 5.91 Å². The number of aryl methyl sites for hydroxylation is 2. The zero-order valence-corrected chi connectivity index (χ0v) is 16.5. The van der Waals surface area contributed by atoms with Gasteiger partial charge in [0.05, 0.1) is 22.8 Å². The molecule has 7 nitrogen and oxygen atoms in total. The summed E-state index contributed by atoms with van der Waals surface area (Å²) in [4.78, 5) is 24.4. The summed E-state index contributed by atoms with van der Waals surface area (Å²) in [6, 6.07) is 13.9. The van der Waals surface area contributed by atoms with E-state index in [1.54, 1.807) is 22.6 Å². The molecule has 0 aliphatic heterocycles. The van der Waals surface area contributed by atoms with Crippen molar-refractivity contribution in [3.8, 4) is 5.69 Å². The fourth-order valence-corrected chi connectivity index (χ4v) is 3.36. The van der Waals surface area contributed by atoms with Crippen LogP contribution in [0.5, 0.6) is 0 Å². The number of nitro benzene ring substituents is 1. The van der Waals surface area contributed by atoms with Gasteiger partial charge in [0.1, 0.15) is 5.15 Å². The fourth-order valence-electron chi connectivity index (χ4n) is 3.03. The molecule has 3 rings (SSSR count). The van der Waals surface area contributed by atoms with Crippen LogP contribution in [-0.2, 0) is 11.3 Å². The second kappa shape index (κ2) is 7.82. The Labute approximate surface area is 167 Å². The van der Waals surface area contributed by atoms with Crippen molar-refractivity contribution in [3.05, 3.63) is 80.6 Å². The molecule has 0 atom stereocenters. The van der Waals surface area contributed by atoms with Crippen LogP contribution in [0.1, 0.15) is 23.7 Å². The van der Waals surface area contributed by atoms with E-state index in [2.05, 4.69) is 5.10 Å². The average Bonchev–Trinajstić information content (AvgIpc) is 2.94. The van der Waals surface area contributed by atoms with E-state index < -0.39 is 4.92 Å². The van der Waals surface area contributed by atoms with Crippen molar-refractivity contribution in [3.63, 3.8) is 0 Å². The number of para-hydroxylation sites is 1. The highest BCUT2D eigenvalue weighted by atomic mass is 35.5. The van der Waals surface area contributed by atoms with Crippen molar-refractivity contribution in [2.24, 2.45) is 0 Å². The summed E-state index contributed by atoms with van der Waals surface area (Å²) in [6.07, 6.45) is 0. The van der Waals surface area contributed by atoms with E-state index in [9.17, 15) is 14.9 Å². The third kappa shape index (κ3) is 3.75. The number of benzene rings is 2. The maximum absolute atomic E-state index is 12.3. The van der Waals surface area contributed by atoms with E-state index >= 15 is 0 Å². The Kier molecular flexibility index (Phi) is 5.46. The van der Waals surface area contributed by atoms with Gasteiger partial charge in [-0.15, -0.1) is 0 Å². The molecule has 28 heavy (non-hydrogen) atoms. The molecule has 0 saturated carbocycles. The van der Waals surface area contributed by atoms with Crippen molar-refractivity contribution in [2.45, 2.75) is 27.3 Å². The molecule has 0 aliphatic rings. The highest BCUT2D eigenvalue weighted by Crippen LogP contribution is 2.30. The van der Waals surface area contributed by atoms with Gasteiger partial charge in [0, 0.05) is 30.3 Å². The fraction of sp³-hybridized carbons (Fsp3) is 0.200. The number of nitro groups is 1. The largest absolute Gasteiger partial charge is 0.308 e. The second-order valence-electron chi connectivity index (χ2n) is 6.44. The summed E-state index contributed by atoms with van der Waals surface area (Å²) in [5.74, 6) is -0.195. The molecule has 0 fully saturated rings. The van der Waals surface area contributed by atoms with E-state index in [0.29, 0.717) is 22.1 Å². The normalized spacial score (nSPS) is 10.7. The van der Waals surface area contributed by atoms with E-state index in [4.69, 9.17) is 11.6 Å². The standard InChI is InChI=1S/C20H19ClN4O3/c1-13-11-17(25(27)28)9-10-19(13)23(15(3)26)12-18-14(2)22-24(20(18)21)16-7-5-4-6-8-16/h4-11H,12H2,1-3H3. The summed E-state index contributed by atoms with van der Waals surface area (Å²) in [5, 5.41) is 15.9. The van der Waals surface area contributed by atoms with Gasteiger partial charge in [0.15, 0.2) is 0 Å². The molecule has 1 aromatic heterocycles. The molecular weight excluding hydrogens is 380 g/mol. The minimum Gasteiger partial charge on any atom is -0.308 e. The lowest BCUT2D eigenvalue weighted by atomic mass is 10.1. The maximum atomic E-state index is 12.3. The van der Waals surface area contributed by atoms with Crippen molar-refractivity contribution >= 4 is 28.9 Å². The predicted octanol–water partition coefficient (Wildman–Crippen LogP) is 4.60. The number of non-ortho nitro benzene ring substituents is 1. The van der Waals surface area contributed by atoms with Crippen molar-refractivity contribution < 1.29 is 9.72 Å². The van der Waals surface area contributed by atoms with Crippen LogP contribution >= 0.6 is 11.6 Å². The average molecular weight is 399 g/mol. The van der Waals surface area contributed by atoms with Crippen LogP contribution in [0.3, 0.4) is 0 Å². The number of halogens is 1. The lowest BCUT2D eigenvalue weighted by Crippen LogP contribution is -2.28. The van der Waals surface area contributed by atoms with Gasteiger partial charge in [-0.1, -0.05) is 29.8 Å². The van der Waals surface area contributed by atoms with Gasteiger partial charge in [-0.05, 0) is 37.6 Å². The number of carbonyl (C=O) groups is 1. The molecule has 3 aromatic rings. The first kappa shape index (κ1) is 19.6. The van der Waals surface area contributed by atoms with Crippen molar-refractivity contribution in [1.29, 1.82) is 0 Å². The molecule has 1 heterocycles. The molecule has 0 saturated heterocycles. The summed E-state index contributed by atoms with van der Waals surface area (Å²) in [5.41, 5.74) is 3.46. The van der Waals surface area contributed by atoms with Crippen LogP contribution < -0.4 is 4.90 Å². The molecule has 0 unspecified atom stereocenters. The Morgan fingerprint density at radius 3 is 2.46 bits per heavy atom. The molecule has 0 radical (unpaired) electrons. The number of hydrogen-bond donors (Lipinski definition) is 0. The molecule has 0 spiro atoms. The summed E-state index contributed by atoms with van der Waals surface area (Å²) in [6.45, 7) is 5.24. The molecule has 144 valence electrons. The Morgan fingerprint density at radius 1 is 1.21 bits per heavy atom. The van der Waals surface area contributed by atoms with E-state index in [0.717, 1.165) is 11.3 Å². The third-order valence-corrected chi connectivity index (χ3v) is 4.89. The van der Waals surface area contributed by atoms with E-state index in [1.165, 1.54) is 19.1 Å². The molecule has 8 heteroatoms. The number of anilines is 1. The van der Waals surface area contributed by atoms with Gasteiger partial charge >= 0.3 is 0 Å². The Bertz CT molecular complexity index is 1050. The number of hydrogen-bond acceptors (Lipinski definition) is 4. The smallest absolute Gasteiger partial charge is 0.269 e. The quantitative estimate of drug-likeness (QED) is 0.464. The first-order chi connectivity index (χ1) is 13.3. The lowest BCUT2D eigenvalue weighted by molar-refractivity contribution is -0.384. The van der Waals surface area contributed by atoms with Gasteiger partial charge in [0.25, 0.3) is 5.69 Å². The van der Waals surface area contributed by atoms with E-state index in [1.807, 2.05) is 37.3 Å². The number of amides is 1. The Hall–Kier alpha value is -3.19. The number of aromatic nitrogens is 2. The number of carbonyl (C=O) groups excluding carboxylic acids is 1. The topological polar surface area (TPSA) is 81.3 Å². The molecule has 0 bridgehead atoms. The lowest BCUT2D eigenvalue weighted by Gasteiger charge is -2.23. The minimum absolute atomic E-state index is 0.0177. The Balaban J connectivity index is 2.00. The first-order valence-electron chi connectivity index (χ1n) is 8.62. The van der Waals surface area contributed by atoms with Gasteiger partial charge < -0.3 is 4.90 Å². The molecule has 2 aromatic carbocycles. The molecular formula is C20H19ClN4O3. The first-order valence-corrected chi connectivity index (χ1v) is 9.00. The molecule has 0 N–H and O–H groups in total. The highest BCUT2D eigenvalue weighted by molar-refractivity contribution is 6.30. The zero-order valence-electron chi connectivity index (χ0n) is 15.7. The Morgan fingerprint density at radius 2 is 1.89 bits per heavy atom. The van der Waals surface area contributed by atoms with Crippen molar-refractivity contribution in [1.82, 2.24) is 9.78 Å². The predicted molar refractivity (Wildman–Crippen MR) is 108 cm³/mol. The van der Waals surface area contributed by atoms with Crippen LogP contribution in [0.4, 0.5) is 11.4 Å². The summed E-state index contributed by atoms with van der Waals surface area (Å²) < 4.78 is 1.63. The van der Waals surface area contributed by atoms with Crippen LogP contribution in [0, 0.1) is 24.0 Å². The van der Waals surface area contributed by atoms with Crippen LogP contribution in [-0.4, -0.2) is 20.6 Å². The zero-order chi connectivity index (χ0) is 20.4. The number of rotatable bonds is 5. The number of nitrogens with zero attached hydrogens (tertiary/aromatic N) is 4. The van der Waals surface area contributed by atoms with Gasteiger partial charge in [-0.25, -0.2) is 4.68 Å². The molecule has 0 aliphatic carbocycles. The van der Waals surface area contributed by atoms with Crippen LogP contribution in [0.2, 0.25) is 5.15 Å². The second-order valence-corrected chi connectivity index (χ2v) is 6.79. The third-order valence-electron chi connectivity index (χ3n) is 4.50. The highest BCUT2D eigenvalue weighted by Gasteiger charge is 2.22.